The number of aliphatic hydroxyl groups excluding tert-OH is 1. The molecule has 7 aromatic rings. The maximum atomic E-state index is 17.1. The Labute approximate surface area is 461 Å². The van der Waals surface area contributed by atoms with Crippen LogP contribution in [-0.4, -0.2) is 140 Å². The number of likely N-dealkylation sites (tertiary alicyclic amines) is 2. The van der Waals surface area contributed by atoms with Crippen molar-refractivity contribution in [1.29, 1.82) is 0 Å². The van der Waals surface area contributed by atoms with E-state index in [4.69, 9.17) is 30.6 Å². The van der Waals surface area contributed by atoms with E-state index in [0.29, 0.717) is 67.2 Å². The number of piperidine rings is 1. The highest BCUT2D eigenvalue weighted by Gasteiger charge is 2.43. The number of fused-ring (bicyclic) bond motifs is 2. The zero-order chi connectivity index (χ0) is 54.8. The lowest BCUT2D eigenvalue weighted by Gasteiger charge is -2.35. The molecule has 0 unspecified atom stereocenters. The van der Waals surface area contributed by atoms with E-state index < -0.39 is 23.9 Å². The molecule has 4 aromatic carbocycles. The molecule has 3 aliphatic rings. The first kappa shape index (κ1) is 54.4. The summed E-state index contributed by atoms with van der Waals surface area (Å²) in [6.07, 6.45) is 2.57. The molecule has 2 amide bonds. The van der Waals surface area contributed by atoms with Crippen molar-refractivity contribution in [1.82, 2.24) is 34.8 Å². The van der Waals surface area contributed by atoms with Gasteiger partial charge in [-0.25, -0.2) is 9.37 Å². The molecule has 3 aromatic heterocycles. The molecule has 6 heterocycles. The van der Waals surface area contributed by atoms with Crippen molar-refractivity contribution in [3.63, 3.8) is 0 Å². The standard InChI is InChI=1S/C59H64ClFN8O8S/c1-6-51(73)67-19-21-68(22-20-67)57-45-29-46(60)53(44-27-41(70)26-40-9-7-8-10-43(40)44)54(61)55(45)63-59(64-57)75-24-23-66-17-15-37(16-18-66)32-76-50-30-49(77-65-50)52(34(2)3)58(74)69-31-42(71)28-47(69)48(72)25-35(4)38-11-13-39(14-12-38)56-36(5)62-33-78-56/h6-14,26-27,29-30,33-35,37,42,47,52,70-71H,1,15-25,28,31-32H2,2-5H3/t35-,42-,47+,52-/m1/s1. The Morgan fingerprint density at radius 2 is 1.72 bits per heavy atom. The Bertz CT molecular complexity index is 3340. The molecule has 408 valence electrons. The number of thiazole rings is 1. The number of rotatable bonds is 18. The molecule has 10 rings (SSSR count). The number of ketones is 1. The molecule has 4 atom stereocenters. The number of carbonyl (C=O) groups excluding carboxylic acids is 3. The van der Waals surface area contributed by atoms with Crippen LogP contribution in [0.4, 0.5) is 10.2 Å². The highest BCUT2D eigenvalue weighted by Crippen LogP contribution is 2.43. The number of aliphatic hydroxyl groups is 1. The minimum atomic E-state index is -0.816. The summed E-state index contributed by atoms with van der Waals surface area (Å²) >= 11 is 8.52. The highest BCUT2D eigenvalue weighted by atomic mass is 35.5. The number of phenols is 1. The van der Waals surface area contributed by atoms with Gasteiger partial charge in [-0.15, -0.1) is 11.3 Å². The number of hydrogen-bond acceptors (Lipinski definition) is 15. The van der Waals surface area contributed by atoms with Crippen LogP contribution in [0.5, 0.6) is 17.6 Å². The lowest BCUT2D eigenvalue weighted by Crippen LogP contribution is -2.48. The van der Waals surface area contributed by atoms with Crippen LogP contribution in [0, 0.1) is 24.6 Å². The van der Waals surface area contributed by atoms with E-state index in [1.54, 1.807) is 34.4 Å². The van der Waals surface area contributed by atoms with Gasteiger partial charge < -0.3 is 38.9 Å². The predicted octanol–water partition coefficient (Wildman–Crippen LogP) is 9.84. The number of hydrogen-bond donors (Lipinski definition) is 2. The van der Waals surface area contributed by atoms with E-state index in [0.717, 1.165) is 53.0 Å². The number of Topliss-reactive ketones (excluding diaryl/α,β-unsaturated/α-hetero) is 1. The van der Waals surface area contributed by atoms with Crippen LogP contribution in [0.2, 0.25) is 5.02 Å². The third kappa shape index (κ3) is 11.6. The van der Waals surface area contributed by atoms with Crippen molar-refractivity contribution in [2.75, 3.05) is 70.5 Å². The largest absolute Gasteiger partial charge is 0.508 e. The first-order chi connectivity index (χ1) is 37.6. The molecule has 19 heteroatoms. The van der Waals surface area contributed by atoms with Crippen LogP contribution in [0.15, 0.2) is 95.5 Å². The van der Waals surface area contributed by atoms with Crippen LogP contribution < -0.4 is 14.4 Å². The van der Waals surface area contributed by atoms with E-state index in [2.05, 4.69) is 38.7 Å². The van der Waals surface area contributed by atoms with Gasteiger partial charge in [-0.1, -0.05) is 87.5 Å². The molecule has 16 nitrogen and oxygen atoms in total. The minimum absolute atomic E-state index is 0.00361. The Morgan fingerprint density at radius 1 is 0.962 bits per heavy atom. The number of piperazine rings is 1. The second kappa shape index (κ2) is 23.5. The van der Waals surface area contributed by atoms with Crippen molar-refractivity contribution >= 4 is 68.0 Å². The smallest absolute Gasteiger partial charge is 0.319 e. The van der Waals surface area contributed by atoms with Gasteiger partial charge >= 0.3 is 6.01 Å². The zero-order valence-corrected chi connectivity index (χ0v) is 45.8. The molecule has 3 fully saturated rings. The predicted molar refractivity (Wildman–Crippen MR) is 299 cm³/mol. The topological polar surface area (TPSA) is 188 Å². The molecule has 0 radical (unpaired) electrons. The molecule has 3 aliphatic heterocycles. The maximum Gasteiger partial charge on any atom is 0.319 e. The zero-order valence-electron chi connectivity index (χ0n) is 44.2. The molecule has 0 spiro atoms. The second-order valence-corrected chi connectivity index (χ2v) is 22.4. The van der Waals surface area contributed by atoms with Crippen molar-refractivity contribution in [3.05, 3.63) is 119 Å². The number of aryl methyl sites for hydroxylation is 1. The van der Waals surface area contributed by atoms with Crippen LogP contribution >= 0.6 is 22.9 Å². The number of amides is 2. The highest BCUT2D eigenvalue weighted by molar-refractivity contribution is 7.13. The van der Waals surface area contributed by atoms with Gasteiger partial charge in [0.2, 0.25) is 11.8 Å². The lowest BCUT2D eigenvalue weighted by molar-refractivity contribution is -0.140. The quantitative estimate of drug-likeness (QED) is 0.0773. The van der Waals surface area contributed by atoms with Gasteiger partial charge in [0.1, 0.15) is 29.6 Å². The van der Waals surface area contributed by atoms with Gasteiger partial charge in [0.25, 0.3) is 5.88 Å². The van der Waals surface area contributed by atoms with E-state index in [1.807, 2.05) is 74.5 Å². The summed E-state index contributed by atoms with van der Waals surface area (Å²) in [5.74, 6) is -0.975. The molecular weight excluding hydrogens is 1040 g/mol. The first-order valence-electron chi connectivity index (χ1n) is 26.7. The Hall–Kier alpha value is -6.99. The lowest BCUT2D eigenvalue weighted by atomic mass is 9.89. The number of ether oxygens (including phenoxy) is 2. The number of β-amino-alcohol motifs (C(OH)–C–C–N with tert-alkyl or cyclic N) is 1. The van der Waals surface area contributed by atoms with Gasteiger partial charge in [-0.2, -0.15) is 9.97 Å². The summed E-state index contributed by atoms with van der Waals surface area (Å²) in [4.78, 5) is 63.1. The summed E-state index contributed by atoms with van der Waals surface area (Å²) in [7, 11) is 0. The Morgan fingerprint density at radius 3 is 2.44 bits per heavy atom. The van der Waals surface area contributed by atoms with Crippen LogP contribution in [0.1, 0.15) is 75.3 Å². The van der Waals surface area contributed by atoms with Gasteiger partial charge in [0.15, 0.2) is 17.4 Å². The molecule has 0 aliphatic carbocycles. The van der Waals surface area contributed by atoms with Crippen molar-refractivity contribution < 1.29 is 43.0 Å². The third-order valence-corrected chi connectivity index (χ3v) is 16.8. The fourth-order valence-electron chi connectivity index (χ4n) is 11.2. The molecule has 78 heavy (non-hydrogen) atoms. The molecule has 0 bridgehead atoms. The number of halogens is 2. The van der Waals surface area contributed by atoms with Crippen LogP contribution in [0.3, 0.4) is 0 Å². The number of benzene rings is 4. The minimum Gasteiger partial charge on any atom is -0.508 e. The number of aromatic hydroxyl groups is 1. The average molecular weight is 1100 g/mol. The van der Waals surface area contributed by atoms with E-state index >= 15 is 4.39 Å². The fourth-order valence-corrected chi connectivity index (χ4v) is 12.3. The number of aromatic nitrogens is 4. The fraction of sp³-hybridized carbons (Fsp3) is 0.407. The van der Waals surface area contributed by atoms with E-state index in [1.165, 1.54) is 17.0 Å². The summed E-state index contributed by atoms with van der Waals surface area (Å²) in [5.41, 5.74) is 5.46. The summed E-state index contributed by atoms with van der Waals surface area (Å²) in [6.45, 7) is 16.0. The number of phenolic OH excluding ortho intramolecular Hbond substituents is 1. The molecule has 0 saturated carbocycles. The Kier molecular flexibility index (Phi) is 16.4. The van der Waals surface area contributed by atoms with Gasteiger partial charge in [-0.05, 0) is 108 Å². The van der Waals surface area contributed by atoms with Crippen molar-refractivity contribution in [2.45, 2.75) is 77.4 Å². The van der Waals surface area contributed by atoms with Gasteiger partial charge in [-0.3, -0.25) is 19.3 Å². The Balaban J connectivity index is 0.748. The first-order valence-corrected chi connectivity index (χ1v) is 27.9. The summed E-state index contributed by atoms with van der Waals surface area (Å²) < 4.78 is 35.3. The van der Waals surface area contributed by atoms with E-state index in [9.17, 15) is 24.6 Å². The van der Waals surface area contributed by atoms with Gasteiger partial charge in [0.05, 0.1) is 39.9 Å². The third-order valence-electron chi connectivity index (χ3n) is 15.5. The van der Waals surface area contributed by atoms with Crippen molar-refractivity contribution in [3.8, 4) is 39.2 Å². The summed E-state index contributed by atoms with van der Waals surface area (Å²) in [5, 5.41) is 27.6. The molecule has 3 saturated heterocycles. The summed E-state index contributed by atoms with van der Waals surface area (Å²) in [6, 6.07) is 21.3. The monoisotopic (exact) mass is 1100 g/mol. The normalized spacial score (nSPS) is 18.2. The molecular formula is C59H64ClFN8O8S. The van der Waals surface area contributed by atoms with Crippen LogP contribution in [0.25, 0.3) is 43.2 Å². The SMILES string of the molecule is C=CC(=O)N1CCN(c2nc(OCCN3CCC(COc4cc([C@H](C(=O)N5C[C@H](O)C[C@H]5C(=O)C[C@@H](C)c5ccc(-c6scnc6C)cc5)C(C)C)on4)CC3)nc3c(F)c(-c4cc(O)cc5ccccc45)c(Cl)cc23)CC1. The van der Waals surface area contributed by atoms with Gasteiger partial charge in [0, 0.05) is 69.1 Å². The number of carbonyl (C=O) groups is 3. The van der Waals surface area contributed by atoms with Crippen molar-refractivity contribution in [2.24, 2.45) is 11.8 Å². The second-order valence-electron chi connectivity index (χ2n) is 21.1. The molecule has 2 N–H and O–H groups in total. The average Bonchev–Trinajstić information content (AvgIpc) is 4.31. The van der Waals surface area contributed by atoms with Crippen LogP contribution in [-0.2, 0) is 14.4 Å². The number of anilines is 1. The van der Waals surface area contributed by atoms with E-state index in [-0.39, 0.29) is 95.1 Å². The maximum absolute atomic E-state index is 17.1. The number of nitrogens with zero attached hydrogens (tertiary/aromatic N) is 8.